The normalized spacial score (nSPS) is 14.6. The van der Waals surface area contributed by atoms with Crippen molar-refractivity contribution in [1.82, 2.24) is 4.98 Å². The molecular weight excluding hydrogens is 328 g/mol. The number of pyridine rings is 1. The maximum atomic E-state index is 4.52. The first kappa shape index (κ1) is 17.5. The molecule has 4 rings (SSSR count). The summed E-state index contributed by atoms with van der Waals surface area (Å²) in [5, 5.41) is 2.55. The highest BCUT2D eigenvalue weighted by atomic mass is 35.5. The number of hydrogen-bond donors (Lipinski definition) is 0. The lowest BCUT2D eigenvalue weighted by Gasteiger charge is -2.28. The first-order valence-corrected chi connectivity index (χ1v) is 8.77. The van der Waals surface area contributed by atoms with Gasteiger partial charge >= 0.3 is 0 Å². The van der Waals surface area contributed by atoms with Gasteiger partial charge in [-0.25, -0.2) is 0 Å². The average Bonchev–Trinajstić information content (AvgIpc) is 2.67. The quantitative estimate of drug-likeness (QED) is 0.591. The van der Waals surface area contributed by atoms with Crippen molar-refractivity contribution in [3.05, 3.63) is 72.1 Å². The molecule has 128 valence electrons. The molecule has 0 saturated carbocycles. The molecule has 3 aromatic rings. The second-order valence-corrected chi connectivity index (χ2v) is 6.39. The summed E-state index contributed by atoms with van der Waals surface area (Å²) in [7, 11) is 0. The van der Waals surface area contributed by atoms with Crippen LogP contribution in [0.3, 0.4) is 0 Å². The van der Waals surface area contributed by atoms with Crippen molar-refractivity contribution in [3.8, 4) is 0 Å². The Morgan fingerprint density at radius 3 is 2.52 bits per heavy atom. The van der Waals surface area contributed by atoms with Crippen LogP contribution >= 0.6 is 12.4 Å². The van der Waals surface area contributed by atoms with E-state index in [4.69, 9.17) is 0 Å². The Morgan fingerprint density at radius 2 is 1.64 bits per heavy atom. The van der Waals surface area contributed by atoms with Crippen molar-refractivity contribution in [2.24, 2.45) is 0 Å². The summed E-state index contributed by atoms with van der Waals surface area (Å²) in [6, 6.07) is 19.3. The predicted octanol–water partition coefficient (Wildman–Crippen LogP) is 5.82. The molecule has 25 heavy (non-hydrogen) atoms. The van der Waals surface area contributed by atoms with E-state index in [2.05, 4.69) is 76.6 Å². The highest BCUT2D eigenvalue weighted by Gasteiger charge is 2.10. The van der Waals surface area contributed by atoms with E-state index in [1.165, 1.54) is 41.3 Å². The summed E-state index contributed by atoms with van der Waals surface area (Å²) >= 11 is 0. The van der Waals surface area contributed by atoms with Crippen molar-refractivity contribution in [2.75, 3.05) is 18.0 Å². The topological polar surface area (TPSA) is 16.1 Å². The van der Waals surface area contributed by atoms with E-state index in [9.17, 15) is 0 Å². The Bertz CT molecular complexity index is 861. The number of rotatable bonds is 3. The molecule has 2 nitrogen and oxygen atoms in total. The third-order valence-corrected chi connectivity index (χ3v) is 4.74. The fourth-order valence-electron chi connectivity index (χ4n) is 3.45. The second-order valence-electron chi connectivity index (χ2n) is 6.39. The van der Waals surface area contributed by atoms with Crippen LogP contribution in [0.1, 0.15) is 30.5 Å². The molecule has 0 amide bonds. The lowest BCUT2D eigenvalue weighted by atomic mass is 10.0. The third kappa shape index (κ3) is 4.02. The zero-order valence-corrected chi connectivity index (χ0v) is 15.1. The Hall–Kier alpha value is -2.32. The molecule has 0 aliphatic carbocycles. The van der Waals surface area contributed by atoms with Crippen LogP contribution in [-0.4, -0.2) is 18.1 Å². The van der Waals surface area contributed by atoms with E-state index in [1.807, 2.05) is 6.20 Å². The predicted molar refractivity (Wildman–Crippen MR) is 110 cm³/mol. The maximum Gasteiger partial charge on any atom is 0.0650 e. The summed E-state index contributed by atoms with van der Waals surface area (Å²) in [5.74, 6) is 0. The lowest BCUT2D eigenvalue weighted by molar-refractivity contribution is 0.577. The van der Waals surface area contributed by atoms with Crippen molar-refractivity contribution < 1.29 is 0 Å². The number of fused-ring (bicyclic) bond motifs is 1. The SMILES string of the molecule is C(=Cc1cccc2ccccc12)c1cc(N2CCCCC2)ccn1.Cl. The minimum atomic E-state index is 0. The van der Waals surface area contributed by atoms with Gasteiger partial charge in [-0.05, 0) is 53.8 Å². The second kappa shape index (κ2) is 8.17. The zero-order valence-electron chi connectivity index (χ0n) is 14.3. The van der Waals surface area contributed by atoms with Crippen LogP contribution in [0.2, 0.25) is 0 Å². The third-order valence-electron chi connectivity index (χ3n) is 4.74. The Morgan fingerprint density at radius 1 is 0.840 bits per heavy atom. The number of hydrogen-bond acceptors (Lipinski definition) is 2. The van der Waals surface area contributed by atoms with Gasteiger partial charge in [-0.15, -0.1) is 12.4 Å². The monoisotopic (exact) mass is 350 g/mol. The van der Waals surface area contributed by atoms with Gasteiger partial charge in [0, 0.05) is 25.0 Å². The van der Waals surface area contributed by atoms with Gasteiger partial charge in [0.2, 0.25) is 0 Å². The minimum Gasteiger partial charge on any atom is -0.371 e. The number of halogens is 1. The van der Waals surface area contributed by atoms with E-state index < -0.39 is 0 Å². The van der Waals surface area contributed by atoms with Gasteiger partial charge in [0.25, 0.3) is 0 Å². The summed E-state index contributed by atoms with van der Waals surface area (Å²) < 4.78 is 0. The molecule has 0 bridgehead atoms. The van der Waals surface area contributed by atoms with Crippen LogP contribution < -0.4 is 4.90 Å². The summed E-state index contributed by atoms with van der Waals surface area (Å²) in [6.45, 7) is 2.33. The van der Waals surface area contributed by atoms with Crippen LogP contribution in [0.25, 0.3) is 22.9 Å². The largest absolute Gasteiger partial charge is 0.371 e. The molecule has 0 atom stereocenters. The Balaban J connectivity index is 0.00000182. The molecule has 1 aliphatic heterocycles. The van der Waals surface area contributed by atoms with E-state index >= 15 is 0 Å². The molecule has 3 heteroatoms. The number of anilines is 1. The van der Waals surface area contributed by atoms with E-state index in [-0.39, 0.29) is 12.4 Å². The van der Waals surface area contributed by atoms with Gasteiger partial charge in [0.1, 0.15) is 0 Å². The van der Waals surface area contributed by atoms with Crippen LogP contribution in [-0.2, 0) is 0 Å². The molecule has 1 aromatic heterocycles. The molecular formula is C22H23ClN2. The molecule has 2 aromatic carbocycles. The summed E-state index contributed by atoms with van der Waals surface area (Å²) in [5.41, 5.74) is 3.55. The molecule has 1 saturated heterocycles. The summed E-state index contributed by atoms with van der Waals surface area (Å²) in [6.07, 6.45) is 10.2. The average molecular weight is 351 g/mol. The van der Waals surface area contributed by atoms with Gasteiger partial charge in [0.15, 0.2) is 0 Å². The molecule has 0 N–H and O–H groups in total. The summed E-state index contributed by atoms with van der Waals surface area (Å²) in [4.78, 5) is 6.99. The van der Waals surface area contributed by atoms with Crippen molar-refractivity contribution in [2.45, 2.75) is 19.3 Å². The zero-order chi connectivity index (χ0) is 16.2. The number of aromatic nitrogens is 1. The number of nitrogens with zero attached hydrogens (tertiary/aromatic N) is 2. The molecule has 2 heterocycles. The minimum absolute atomic E-state index is 0. The standard InChI is InChI=1S/C22H22N2.ClH/c1-4-15-24(16-5-1)21-13-14-23-20(17-21)12-11-19-9-6-8-18-7-2-3-10-22(18)19;/h2-3,6-14,17H,1,4-5,15-16H2;1H. The first-order chi connectivity index (χ1) is 11.9. The van der Waals surface area contributed by atoms with Crippen molar-refractivity contribution in [1.29, 1.82) is 0 Å². The molecule has 0 spiro atoms. The van der Waals surface area contributed by atoms with Crippen LogP contribution in [0.5, 0.6) is 0 Å². The van der Waals surface area contributed by atoms with Crippen molar-refractivity contribution in [3.63, 3.8) is 0 Å². The lowest BCUT2D eigenvalue weighted by Crippen LogP contribution is -2.29. The van der Waals surface area contributed by atoms with Crippen molar-refractivity contribution >= 4 is 41.0 Å². The first-order valence-electron chi connectivity index (χ1n) is 8.77. The Labute approximate surface area is 155 Å². The number of piperidine rings is 1. The fourth-order valence-corrected chi connectivity index (χ4v) is 3.45. The fraction of sp³-hybridized carbons (Fsp3) is 0.227. The van der Waals surface area contributed by atoms with Crippen LogP contribution in [0.15, 0.2) is 60.8 Å². The van der Waals surface area contributed by atoms with Gasteiger partial charge in [0.05, 0.1) is 5.69 Å². The van der Waals surface area contributed by atoms with Gasteiger partial charge in [-0.1, -0.05) is 48.5 Å². The smallest absolute Gasteiger partial charge is 0.0650 e. The molecule has 1 aliphatic rings. The number of benzene rings is 2. The van der Waals surface area contributed by atoms with Gasteiger partial charge in [-0.2, -0.15) is 0 Å². The Kier molecular flexibility index (Phi) is 5.72. The maximum absolute atomic E-state index is 4.52. The van der Waals surface area contributed by atoms with Crippen LogP contribution in [0.4, 0.5) is 5.69 Å². The highest BCUT2D eigenvalue weighted by Crippen LogP contribution is 2.23. The van der Waals surface area contributed by atoms with Gasteiger partial charge < -0.3 is 4.90 Å². The highest BCUT2D eigenvalue weighted by molar-refractivity contribution is 5.92. The molecule has 0 unspecified atom stereocenters. The van der Waals surface area contributed by atoms with E-state index in [0.717, 1.165) is 18.8 Å². The molecule has 1 fully saturated rings. The van der Waals surface area contributed by atoms with Gasteiger partial charge in [-0.3, -0.25) is 4.98 Å². The van der Waals surface area contributed by atoms with Crippen LogP contribution in [0, 0.1) is 0 Å². The van der Waals surface area contributed by atoms with E-state index in [0.29, 0.717) is 0 Å². The molecule has 0 radical (unpaired) electrons. The van der Waals surface area contributed by atoms with E-state index in [1.54, 1.807) is 0 Å².